The van der Waals surface area contributed by atoms with Crippen LogP contribution < -0.4 is 0 Å². The van der Waals surface area contributed by atoms with Gasteiger partial charge in [0.1, 0.15) is 6.61 Å². The zero-order chi connectivity index (χ0) is 13.8. The molecule has 19 heavy (non-hydrogen) atoms. The third-order valence-corrected chi connectivity index (χ3v) is 5.14. The summed E-state index contributed by atoms with van der Waals surface area (Å²) >= 11 is 1.60. The van der Waals surface area contributed by atoms with Gasteiger partial charge in [0.05, 0.1) is 11.0 Å². The van der Waals surface area contributed by atoms with Gasteiger partial charge in [-0.2, -0.15) is 0 Å². The van der Waals surface area contributed by atoms with E-state index in [9.17, 15) is 4.79 Å². The number of ether oxygens (including phenoxy) is 1. The van der Waals surface area contributed by atoms with Crippen molar-refractivity contribution in [1.82, 2.24) is 0 Å². The molecular formula is C16H24O2S. The van der Waals surface area contributed by atoms with Crippen LogP contribution in [0.3, 0.4) is 0 Å². The van der Waals surface area contributed by atoms with E-state index in [-0.39, 0.29) is 18.5 Å². The van der Waals surface area contributed by atoms with Crippen molar-refractivity contribution < 1.29 is 9.53 Å². The van der Waals surface area contributed by atoms with E-state index in [2.05, 4.69) is 20.8 Å². The van der Waals surface area contributed by atoms with Crippen LogP contribution >= 0.6 is 11.3 Å². The van der Waals surface area contributed by atoms with Gasteiger partial charge in [-0.25, -0.2) is 0 Å². The van der Waals surface area contributed by atoms with E-state index in [0.717, 1.165) is 36.0 Å². The molecule has 2 unspecified atom stereocenters. The normalized spacial score (nSPS) is 27.4. The first-order chi connectivity index (χ1) is 9.08. The Balaban J connectivity index is 1.83. The standard InChI is InChI=1S/C16H24O2S/c1-4-14-5-6-16(19-14)15(17)10-18-13-8-11(2)7-12(3)9-13/h5-6,11-13H,4,7-10H2,1-3H3. The van der Waals surface area contributed by atoms with Gasteiger partial charge in [0, 0.05) is 4.88 Å². The molecule has 0 saturated heterocycles. The molecule has 106 valence electrons. The van der Waals surface area contributed by atoms with Crippen molar-refractivity contribution in [1.29, 1.82) is 0 Å². The Kier molecular flexibility index (Phi) is 5.17. The Bertz CT molecular complexity index is 414. The molecule has 1 aliphatic rings. The molecule has 1 aliphatic carbocycles. The fourth-order valence-electron chi connectivity index (χ4n) is 2.99. The SMILES string of the molecule is CCc1ccc(C(=O)COC2CC(C)CC(C)C2)s1. The van der Waals surface area contributed by atoms with Crippen molar-refractivity contribution in [2.24, 2.45) is 11.8 Å². The second kappa shape index (κ2) is 6.67. The number of hydrogen-bond donors (Lipinski definition) is 0. The van der Waals surface area contributed by atoms with Crippen LogP contribution in [0.1, 0.15) is 54.6 Å². The number of carbonyl (C=O) groups is 1. The predicted molar refractivity (Wildman–Crippen MR) is 79.9 cm³/mol. The number of aryl methyl sites for hydroxylation is 1. The number of Topliss-reactive ketones (excluding diaryl/α,β-unsaturated/α-hetero) is 1. The highest BCUT2D eigenvalue weighted by Gasteiger charge is 2.25. The average molecular weight is 280 g/mol. The number of rotatable bonds is 5. The van der Waals surface area contributed by atoms with Crippen molar-refractivity contribution in [3.05, 3.63) is 21.9 Å². The Morgan fingerprint density at radius 1 is 1.26 bits per heavy atom. The van der Waals surface area contributed by atoms with Crippen LogP contribution in [0.2, 0.25) is 0 Å². The highest BCUT2D eigenvalue weighted by molar-refractivity contribution is 7.14. The zero-order valence-corrected chi connectivity index (χ0v) is 13.0. The largest absolute Gasteiger partial charge is 0.370 e. The number of hydrogen-bond acceptors (Lipinski definition) is 3. The van der Waals surface area contributed by atoms with Crippen molar-refractivity contribution >= 4 is 17.1 Å². The lowest BCUT2D eigenvalue weighted by Gasteiger charge is -2.31. The number of carbonyl (C=O) groups excluding carboxylic acids is 1. The minimum Gasteiger partial charge on any atom is -0.370 e. The molecule has 1 heterocycles. The first kappa shape index (κ1) is 14.7. The van der Waals surface area contributed by atoms with E-state index in [1.165, 1.54) is 11.3 Å². The van der Waals surface area contributed by atoms with Gasteiger partial charge >= 0.3 is 0 Å². The second-order valence-corrected chi connectivity index (χ2v) is 7.06. The minimum atomic E-state index is 0.135. The van der Waals surface area contributed by atoms with Crippen LogP contribution in [-0.2, 0) is 11.2 Å². The minimum absolute atomic E-state index is 0.135. The lowest BCUT2D eigenvalue weighted by molar-refractivity contribution is 0.00577. The Hall–Kier alpha value is -0.670. The maximum Gasteiger partial charge on any atom is 0.198 e. The van der Waals surface area contributed by atoms with E-state index in [1.807, 2.05) is 12.1 Å². The summed E-state index contributed by atoms with van der Waals surface area (Å²) in [6, 6.07) is 3.98. The lowest BCUT2D eigenvalue weighted by Crippen LogP contribution is -2.28. The zero-order valence-electron chi connectivity index (χ0n) is 12.1. The van der Waals surface area contributed by atoms with Crippen LogP contribution in [0.4, 0.5) is 0 Å². The molecule has 2 atom stereocenters. The smallest absolute Gasteiger partial charge is 0.198 e. The third-order valence-electron chi connectivity index (χ3n) is 3.87. The molecule has 0 spiro atoms. The third kappa shape index (κ3) is 4.15. The van der Waals surface area contributed by atoms with Crippen LogP contribution in [0.25, 0.3) is 0 Å². The number of thiophene rings is 1. The molecule has 0 N–H and O–H groups in total. The van der Waals surface area contributed by atoms with Gasteiger partial charge in [-0.15, -0.1) is 11.3 Å². The topological polar surface area (TPSA) is 26.3 Å². The van der Waals surface area contributed by atoms with Gasteiger partial charge in [-0.1, -0.05) is 20.8 Å². The van der Waals surface area contributed by atoms with E-state index in [4.69, 9.17) is 4.74 Å². The molecule has 0 radical (unpaired) electrons. The lowest BCUT2D eigenvalue weighted by atomic mass is 9.82. The van der Waals surface area contributed by atoms with Crippen LogP contribution in [0, 0.1) is 11.8 Å². The summed E-state index contributed by atoms with van der Waals surface area (Å²) in [7, 11) is 0. The molecule has 1 aromatic heterocycles. The highest BCUT2D eigenvalue weighted by atomic mass is 32.1. The fourth-order valence-corrected chi connectivity index (χ4v) is 3.86. The summed E-state index contributed by atoms with van der Waals surface area (Å²) in [5, 5.41) is 0. The maximum atomic E-state index is 12.1. The molecule has 1 fully saturated rings. The van der Waals surface area contributed by atoms with Crippen LogP contribution in [-0.4, -0.2) is 18.5 Å². The van der Waals surface area contributed by atoms with Crippen molar-refractivity contribution in [3.63, 3.8) is 0 Å². The summed E-state index contributed by atoms with van der Waals surface area (Å²) in [6.45, 7) is 6.91. The predicted octanol–water partition coefficient (Wildman–Crippen LogP) is 4.33. The van der Waals surface area contributed by atoms with Crippen molar-refractivity contribution in [3.8, 4) is 0 Å². The maximum absolute atomic E-state index is 12.1. The van der Waals surface area contributed by atoms with Gasteiger partial charge in [0.2, 0.25) is 0 Å². The van der Waals surface area contributed by atoms with Gasteiger partial charge in [-0.05, 0) is 49.7 Å². The fraction of sp³-hybridized carbons (Fsp3) is 0.688. The Morgan fingerprint density at radius 3 is 2.53 bits per heavy atom. The molecular weight excluding hydrogens is 256 g/mol. The molecule has 1 saturated carbocycles. The Morgan fingerprint density at radius 2 is 1.95 bits per heavy atom. The van der Waals surface area contributed by atoms with Crippen LogP contribution in [0.15, 0.2) is 12.1 Å². The van der Waals surface area contributed by atoms with Crippen molar-refractivity contribution in [2.45, 2.75) is 52.6 Å². The van der Waals surface area contributed by atoms with Gasteiger partial charge in [0.25, 0.3) is 0 Å². The van der Waals surface area contributed by atoms with Crippen molar-refractivity contribution in [2.75, 3.05) is 6.61 Å². The molecule has 1 aromatic rings. The van der Waals surface area contributed by atoms with Gasteiger partial charge in [0.15, 0.2) is 5.78 Å². The number of ketones is 1. The van der Waals surface area contributed by atoms with E-state index < -0.39 is 0 Å². The summed E-state index contributed by atoms with van der Waals surface area (Å²) in [4.78, 5) is 14.2. The molecule has 0 amide bonds. The molecule has 2 nitrogen and oxygen atoms in total. The van der Waals surface area contributed by atoms with E-state index >= 15 is 0 Å². The molecule has 0 aromatic carbocycles. The average Bonchev–Trinajstić information content (AvgIpc) is 2.83. The van der Waals surface area contributed by atoms with Gasteiger partial charge < -0.3 is 4.74 Å². The summed E-state index contributed by atoms with van der Waals surface area (Å²) in [6.07, 6.45) is 4.76. The summed E-state index contributed by atoms with van der Waals surface area (Å²) in [5.74, 6) is 1.57. The van der Waals surface area contributed by atoms with Gasteiger partial charge in [-0.3, -0.25) is 4.79 Å². The second-order valence-electron chi connectivity index (χ2n) is 5.89. The highest BCUT2D eigenvalue weighted by Crippen LogP contribution is 2.30. The summed E-state index contributed by atoms with van der Waals surface area (Å²) < 4.78 is 5.84. The molecule has 2 rings (SSSR count). The first-order valence-corrected chi connectivity index (χ1v) is 8.13. The Labute approximate surface area is 120 Å². The van der Waals surface area contributed by atoms with E-state index in [0.29, 0.717) is 0 Å². The van der Waals surface area contributed by atoms with Crippen LogP contribution in [0.5, 0.6) is 0 Å². The van der Waals surface area contributed by atoms with E-state index in [1.54, 1.807) is 11.3 Å². The molecule has 3 heteroatoms. The quantitative estimate of drug-likeness (QED) is 0.750. The summed E-state index contributed by atoms with van der Waals surface area (Å²) in [5.41, 5.74) is 0. The molecule has 0 bridgehead atoms. The monoisotopic (exact) mass is 280 g/mol. The molecule has 0 aliphatic heterocycles. The first-order valence-electron chi connectivity index (χ1n) is 7.32.